The quantitative estimate of drug-likeness (QED) is 0.891. The maximum Gasteiger partial charge on any atom is 0.0863 e. The van der Waals surface area contributed by atoms with Crippen molar-refractivity contribution in [3.8, 4) is 0 Å². The second kappa shape index (κ2) is 6.04. The van der Waals surface area contributed by atoms with Crippen LogP contribution in [0.4, 0.5) is 0 Å². The molecule has 2 N–H and O–H groups in total. The van der Waals surface area contributed by atoms with Gasteiger partial charge in [0, 0.05) is 25.7 Å². The Morgan fingerprint density at radius 1 is 1.44 bits per heavy atom. The number of aryl methyl sites for hydroxylation is 2. The SMILES string of the molecule is CCc1nn(CC)c(CN2CCCC2CN)c1Cl. The first-order valence-electron chi connectivity index (χ1n) is 6.89. The van der Waals surface area contributed by atoms with Gasteiger partial charge in [0.2, 0.25) is 0 Å². The van der Waals surface area contributed by atoms with Crippen LogP contribution in [0.25, 0.3) is 0 Å². The van der Waals surface area contributed by atoms with Crippen molar-refractivity contribution in [1.29, 1.82) is 0 Å². The number of likely N-dealkylation sites (tertiary alicyclic amines) is 1. The predicted octanol–water partition coefficient (Wildman–Crippen LogP) is 2.04. The molecule has 18 heavy (non-hydrogen) atoms. The molecular weight excluding hydrogens is 248 g/mol. The van der Waals surface area contributed by atoms with Crippen LogP contribution in [0.2, 0.25) is 5.02 Å². The van der Waals surface area contributed by atoms with Crippen molar-refractivity contribution >= 4 is 11.6 Å². The third-order valence-corrected chi connectivity index (χ3v) is 4.25. The molecule has 1 aliphatic heterocycles. The van der Waals surface area contributed by atoms with Gasteiger partial charge < -0.3 is 5.73 Å². The first-order chi connectivity index (χ1) is 8.71. The minimum absolute atomic E-state index is 0.506. The molecule has 0 saturated carbocycles. The first kappa shape index (κ1) is 13.8. The fourth-order valence-electron chi connectivity index (χ4n) is 2.73. The topological polar surface area (TPSA) is 47.1 Å². The lowest BCUT2D eigenvalue weighted by Crippen LogP contribution is -2.35. The third-order valence-electron chi connectivity index (χ3n) is 3.82. The summed E-state index contributed by atoms with van der Waals surface area (Å²) >= 11 is 6.44. The Morgan fingerprint density at radius 2 is 2.22 bits per heavy atom. The largest absolute Gasteiger partial charge is 0.329 e. The van der Waals surface area contributed by atoms with E-state index in [0.717, 1.165) is 49.0 Å². The van der Waals surface area contributed by atoms with Crippen LogP contribution >= 0.6 is 11.6 Å². The van der Waals surface area contributed by atoms with Crippen molar-refractivity contribution in [2.45, 2.75) is 52.2 Å². The fraction of sp³-hybridized carbons (Fsp3) is 0.769. The molecule has 1 fully saturated rings. The normalized spacial score (nSPS) is 20.8. The smallest absolute Gasteiger partial charge is 0.0863 e. The summed E-state index contributed by atoms with van der Waals surface area (Å²) in [4.78, 5) is 2.44. The lowest BCUT2D eigenvalue weighted by molar-refractivity contribution is 0.242. The number of aromatic nitrogens is 2. The van der Waals surface area contributed by atoms with E-state index in [1.54, 1.807) is 0 Å². The molecule has 1 unspecified atom stereocenters. The van der Waals surface area contributed by atoms with Gasteiger partial charge in [-0.05, 0) is 32.7 Å². The standard InChI is InChI=1S/C13H23ClN4/c1-3-11-13(14)12(18(4-2)16-11)9-17-7-5-6-10(17)8-15/h10H,3-9,15H2,1-2H3. The summed E-state index contributed by atoms with van der Waals surface area (Å²) in [6.07, 6.45) is 3.33. The van der Waals surface area contributed by atoms with Gasteiger partial charge in [-0.15, -0.1) is 0 Å². The van der Waals surface area contributed by atoms with Crippen LogP contribution in [0.1, 0.15) is 38.1 Å². The second-order valence-corrected chi connectivity index (χ2v) is 5.26. The van der Waals surface area contributed by atoms with E-state index in [4.69, 9.17) is 17.3 Å². The Bertz CT molecular complexity index is 402. The summed E-state index contributed by atoms with van der Waals surface area (Å²) in [5, 5.41) is 5.42. The zero-order valence-corrected chi connectivity index (χ0v) is 12.1. The van der Waals surface area contributed by atoms with Gasteiger partial charge >= 0.3 is 0 Å². The molecule has 0 aliphatic carbocycles. The van der Waals surface area contributed by atoms with Gasteiger partial charge in [0.15, 0.2) is 0 Å². The molecule has 2 heterocycles. The van der Waals surface area contributed by atoms with Crippen molar-refractivity contribution in [2.24, 2.45) is 5.73 Å². The number of nitrogens with zero attached hydrogens (tertiary/aromatic N) is 3. The van der Waals surface area contributed by atoms with Crippen LogP contribution in [0, 0.1) is 0 Å². The van der Waals surface area contributed by atoms with Crippen molar-refractivity contribution in [3.63, 3.8) is 0 Å². The molecule has 0 bridgehead atoms. The molecule has 0 radical (unpaired) electrons. The average Bonchev–Trinajstić information content (AvgIpc) is 2.95. The van der Waals surface area contributed by atoms with E-state index in [2.05, 4.69) is 23.8 Å². The van der Waals surface area contributed by atoms with Crippen LogP contribution in [0.3, 0.4) is 0 Å². The zero-order valence-electron chi connectivity index (χ0n) is 11.3. The molecule has 0 spiro atoms. The monoisotopic (exact) mass is 270 g/mol. The van der Waals surface area contributed by atoms with E-state index in [1.165, 1.54) is 12.8 Å². The second-order valence-electron chi connectivity index (χ2n) is 4.88. The van der Waals surface area contributed by atoms with Gasteiger partial charge in [-0.25, -0.2) is 0 Å². The minimum atomic E-state index is 0.506. The summed E-state index contributed by atoms with van der Waals surface area (Å²) in [6.45, 7) is 7.80. The van der Waals surface area contributed by atoms with Crippen LogP contribution in [-0.4, -0.2) is 33.8 Å². The lowest BCUT2D eigenvalue weighted by atomic mass is 10.2. The molecule has 0 amide bonds. The van der Waals surface area contributed by atoms with Gasteiger partial charge in [-0.3, -0.25) is 9.58 Å². The average molecular weight is 271 g/mol. The molecule has 102 valence electrons. The summed E-state index contributed by atoms with van der Waals surface area (Å²) < 4.78 is 2.03. The highest BCUT2D eigenvalue weighted by Gasteiger charge is 2.26. The van der Waals surface area contributed by atoms with Gasteiger partial charge in [-0.1, -0.05) is 18.5 Å². The Labute approximate surface area is 114 Å². The summed E-state index contributed by atoms with van der Waals surface area (Å²) in [5.74, 6) is 0. The van der Waals surface area contributed by atoms with E-state index in [1.807, 2.05) is 4.68 Å². The van der Waals surface area contributed by atoms with E-state index in [9.17, 15) is 0 Å². The van der Waals surface area contributed by atoms with Crippen molar-refractivity contribution in [3.05, 3.63) is 16.4 Å². The van der Waals surface area contributed by atoms with E-state index in [-0.39, 0.29) is 0 Å². The van der Waals surface area contributed by atoms with Crippen molar-refractivity contribution in [1.82, 2.24) is 14.7 Å². The molecular formula is C13H23ClN4. The van der Waals surface area contributed by atoms with E-state index < -0.39 is 0 Å². The molecule has 1 aliphatic rings. The Kier molecular flexibility index (Phi) is 4.65. The number of nitrogens with two attached hydrogens (primary N) is 1. The maximum absolute atomic E-state index is 6.44. The molecule has 5 heteroatoms. The molecule has 2 rings (SSSR count). The molecule has 0 aromatic carbocycles. The van der Waals surface area contributed by atoms with Crippen LogP contribution < -0.4 is 5.73 Å². The molecule has 1 aromatic heterocycles. The van der Waals surface area contributed by atoms with Crippen LogP contribution in [-0.2, 0) is 19.5 Å². The highest BCUT2D eigenvalue weighted by molar-refractivity contribution is 6.31. The van der Waals surface area contributed by atoms with Gasteiger partial charge in [0.05, 0.1) is 16.4 Å². The highest BCUT2D eigenvalue weighted by Crippen LogP contribution is 2.26. The maximum atomic E-state index is 6.44. The van der Waals surface area contributed by atoms with Gasteiger partial charge in [0.1, 0.15) is 0 Å². The van der Waals surface area contributed by atoms with Gasteiger partial charge in [0.25, 0.3) is 0 Å². The first-order valence-corrected chi connectivity index (χ1v) is 7.27. The fourth-order valence-corrected chi connectivity index (χ4v) is 3.06. The molecule has 1 saturated heterocycles. The van der Waals surface area contributed by atoms with Crippen LogP contribution in [0.5, 0.6) is 0 Å². The Morgan fingerprint density at radius 3 is 2.83 bits per heavy atom. The van der Waals surface area contributed by atoms with Crippen molar-refractivity contribution < 1.29 is 0 Å². The van der Waals surface area contributed by atoms with Gasteiger partial charge in [-0.2, -0.15) is 5.10 Å². The van der Waals surface area contributed by atoms with Crippen LogP contribution in [0.15, 0.2) is 0 Å². The number of rotatable bonds is 5. The Balaban J connectivity index is 2.19. The summed E-state index contributed by atoms with van der Waals surface area (Å²) in [6, 6.07) is 0.506. The number of hydrogen-bond acceptors (Lipinski definition) is 3. The molecule has 1 aromatic rings. The lowest BCUT2D eigenvalue weighted by Gasteiger charge is -2.23. The van der Waals surface area contributed by atoms with Crippen molar-refractivity contribution in [2.75, 3.05) is 13.1 Å². The van der Waals surface area contributed by atoms with E-state index in [0.29, 0.717) is 6.04 Å². The summed E-state index contributed by atoms with van der Waals surface area (Å²) in [7, 11) is 0. The number of halogens is 1. The summed E-state index contributed by atoms with van der Waals surface area (Å²) in [5.41, 5.74) is 7.98. The Hall–Kier alpha value is -0.580. The molecule has 1 atom stereocenters. The van der Waals surface area contributed by atoms with E-state index >= 15 is 0 Å². The zero-order chi connectivity index (χ0) is 13.1. The molecule has 4 nitrogen and oxygen atoms in total. The minimum Gasteiger partial charge on any atom is -0.329 e. The highest BCUT2D eigenvalue weighted by atomic mass is 35.5. The number of hydrogen-bond donors (Lipinski definition) is 1. The predicted molar refractivity (Wildman–Crippen MR) is 74.8 cm³/mol. The third kappa shape index (κ3) is 2.56.